The molecule has 8 heteroatoms. The fraction of sp³-hybridized carbons (Fsp3) is 0.381. The van der Waals surface area contributed by atoms with Gasteiger partial charge in [-0.25, -0.2) is 9.82 Å². The Kier molecular flexibility index (Phi) is 5.66. The third kappa shape index (κ3) is 3.91. The fourth-order valence-corrected chi connectivity index (χ4v) is 4.16. The minimum absolute atomic E-state index is 0.0834. The van der Waals surface area contributed by atoms with Gasteiger partial charge >= 0.3 is 0 Å². The van der Waals surface area contributed by atoms with Gasteiger partial charge in [-0.1, -0.05) is 12.1 Å². The topological polar surface area (TPSA) is 83.7 Å². The van der Waals surface area contributed by atoms with Crippen molar-refractivity contribution in [1.82, 2.24) is 21.5 Å². The second-order valence-electron chi connectivity index (χ2n) is 7.29. The molecule has 4 atom stereocenters. The first-order valence-electron chi connectivity index (χ1n) is 9.62. The third-order valence-electron chi connectivity index (χ3n) is 5.66. The van der Waals surface area contributed by atoms with E-state index in [-0.39, 0.29) is 35.9 Å². The Morgan fingerprint density at radius 3 is 2.76 bits per heavy atom. The highest BCUT2D eigenvalue weighted by Gasteiger charge is 2.42. The molecule has 2 aliphatic rings. The highest BCUT2D eigenvalue weighted by atomic mass is 19.1. The first kappa shape index (κ1) is 19.6. The Morgan fingerprint density at radius 1 is 1.14 bits per heavy atom. The second-order valence-corrected chi connectivity index (χ2v) is 7.29. The standard InChI is InChI=1S/C21H25FN4O3/c1-28-13-6-3-5-12(9-13)21(27)24-20-14-10-16(23-11-17(14)25-26-20)19-15(22)7-4-8-18(19)29-2/h3-9,14,16-17,20,23,25-26H,10-11H2,1-2H3,(H,24,27). The van der Waals surface area contributed by atoms with E-state index < -0.39 is 0 Å². The Labute approximate surface area is 168 Å². The average Bonchev–Trinajstić information content (AvgIpc) is 3.15. The van der Waals surface area contributed by atoms with Crippen LogP contribution in [0.15, 0.2) is 42.5 Å². The van der Waals surface area contributed by atoms with Gasteiger partial charge in [-0.3, -0.25) is 10.2 Å². The van der Waals surface area contributed by atoms with Crippen LogP contribution in [0.5, 0.6) is 11.5 Å². The summed E-state index contributed by atoms with van der Waals surface area (Å²) >= 11 is 0. The summed E-state index contributed by atoms with van der Waals surface area (Å²) in [5.41, 5.74) is 7.44. The van der Waals surface area contributed by atoms with Crippen molar-refractivity contribution in [3.63, 3.8) is 0 Å². The first-order chi connectivity index (χ1) is 14.1. The number of hydrogen-bond donors (Lipinski definition) is 4. The molecule has 2 aliphatic heterocycles. The number of rotatable bonds is 5. The van der Waals surface area contributed by atoms with Crippen LogP contribution >= 0.6 is 0 Å². The highest BCUT2D eigenvalue weighted by Crippen LogP contribution is 2.36. The lowest BCUT2D eigenvalue weighted by atomic mass is 9.84. The van der Waals surface area contributed by atoms with Crippen molar-refractivity contribution >= 4 is 5.91 Å². The number of halogens is 1. The van der Waals surface area contributed by atoms with E-state index in [0.717, 1.165) is 0 Å². The third-order valence-corrected chi connectivity index (χ3v) is 5.66. The Morgan fingerprint density at radius 2 is 1.97 bits per heavy atom. The van der Waals surface area contributed by atoms with Crippen LogP contribution in [0.3, 0.4) is 0 Å². The molecule has 0 aliphatic carbocycles. The van der Waals surface area contributed by atoms with Crippen molar-refractivity contribution in [3.05, 3.63) is 59.4 Å². The number of ether oxygens (including phenoxy) is 2. The molecular weight excluding hydrogens is 375 g/mol. The summed E-state index contributed by atoms with van der Waals surface area (Å²) < 4.78 is 25.1. The monoisotopic (exact) mass is 400 g/mol. The molecule has 7 nitrogen and oxygen atoms in total. The van der Waals surface area contributed by atoms with E-state index in [9.17, 15) is 9.18 Å². The summed E-state index contributed by atoms with van der Waals surface area (Å²) in [6.07, 6.45) is 0.367. The molecule has 0 spiro atoms. The summed E-state index contributed by atoms with van der Waals surface area (Å²) in [7, 11) is 3.11. The molecule has 4 unspecified atom stereocenters. The van der Waals surface area contributed by atoms with E-state index in [1.807, 2.05) is 0 Å². The average molecular weight is 400 g/mol. The number of methoxy groups -OCH3 is 2. The molecular formula is C21H25FN4O3. The number of benzene rings is 2. The van der Waals surface area contributed by atoms with Gasteiger partial charge in [-0.05, 0) is 36.8 Å². The SMILES string of the molecule is COc1cccc(C(=O)NC2NNC3CNC(c4c(F)cccc4OC)CC32)c1. The van der Waals surface area contributed by atoms with Crippen LogP contribution in [-0.4, -0.2) is 38.9 Å². The molecule has 2 aromatic carbocycles. The van der Waals surface area contributed by atoms with E-state index in [0.29, 0.717) is 35.6 Å². The number of hydrazine groups is 1. The zero-order valence-corrected chi connectivity index (χ0v) is 16.4. The van der Waals surface area contributed by atoms with E-state index in [1.54, 1.807) is 50.6 Å². The maximum absolute atomic E-state index is 14.5. The molecule has 154 valence electrons. The lowest BCUT2D eigenvalue weighted by Crippen LogP contribution is -2.49. The van der Waals surface area contributed by atoms with E-state index >= 15 is 0 Å². The van der Waals surface area contributed by atoms with Gasteiger partial charge < -0.3 is 20.1 Å². The van der Waals surface area contributed by atoms with Gasteiger partial charge in [0.15, 0.2) is 0 Å². The molecule has 2 heterocycles. The van der Waals surface area contributed by atoms with Gasteiger partial charge in [0.05, 0.1) is 20.4 Å². The van der Waals surface area contributed by atoms with Crippen LogP contribution in [0.4, 0.5) is 4.39 Å². The molecule has 2 fully saturated rings. The lowest BCUT2D eigenvalue weighted by molar-refractivity contribution is 0.0913. The maximum atomic E-state index is 14.5. The van der Waals surface area contributed by atoms with Gasteiger partial charge in [0.2, 0.25) is 0 Å². The summed E-state index contributed by atoms with van der Waals surface area (Å²) in [5, 5.41) is 6.43. The second kappa shape index (κ2) is 8.36. The molecule has 2 saturated heterocycles. The van der Waals surface area contributed by atoms with Crippen LogP contribution in [0.2, 0.25) is 0 Å². The van der Waals surface area contributed by atoms with Crippen molar-refractivity contribution < 1.29 is 18.7 Å². The van der Waals surface area contributed by atoms with E-state index in [1.165, 1.54) is 6.07 Å². The molecule has 0 aromatic heterocycles. The molecule has 0 bridgehead atoms. The van der Waals surface area contributed by atoms with E-state index in [4.69, 9.17) is 9.47 Å². The zero-order chi connectivity index (χ0) is 20.4. The number of carbonyl (C=O) groups excluding carboxylic acids is 1. The number of nitrogens with one attached hydrogen (secondary N) is 4. The lowest BCUT2D eigenvalue weighted by Gasteiger charge is -2.35. The van der Waals surface area contributed by atoms with Crippen LogP contribution in [0, 0.1) is 11.7 Å². The zero-order valence-electron chi connectivity index (χ0n) is 16.4. The van der Waals surface area contributed by atoms with Crippen molar-refractivity contribution in [2.45, 2.75) is 24.7 Å². The molecule has 4 N–H and O–H groups in total. The molecule has 0 saturated carbocycles. The van der Waals surface area contributed by atoms with E-state index in [2.05, 4.69) is 21.5 Å². The summed E-state index contributed by atoms with van der Waals surface area (Å²) in [5.74, 6) is 0.747. The Hall–Kier alpha value is -2.68. The van der Waals surface area contributed by atoms with Crippen LogP contribution < -0.4 is 31.0 Å². The number of fused-ring (bicyclic) bond motifs is 1. The van der Waals surface area contributed by atoms with Crippen LogP contribution in [0.25, 0.3) is 0 Å². The fourth-order valence-electron chi connectivity index (χ4n) is 4.16. The van der Waals surface area contributed by atoms with Crippen molar-refractivity contribution in [3.8, 4) is 11.5 Å². The van der Waals surface area contributed by atoms with Gasteiger partial charge in [-0.2, -0.15) is 0 Å². The predicted molar refractivity (Wildman–Crippen MR) is 106 cm³/mol. The highest BCUT2D eigenvalue weighted by molar-refractivity contribution is 5.94. The van der Waals surface area contributed by atoms with Crippen LogP contribution in [-0.2, 0) is 0 Å². The van der Waals surface area contributed by atoms with Gasteiger partial charge in [-0.15, -0.1) is 0 Å². The number of piperidine rings is 1. The predicted octanol–water partition coefficient (Wildman–Crippen LogP) is 1.73. The summed E-state index contributed by atoms with van der Waals surface area (Å²) in [4.78, 5) is 12.7. The molecule has 2 aromatic rings. The minimum Gasteiger partial charge on any atom is -0.497 e. The van der Waals surface area contributed by atoms with Gasteiger partial charge in [0.1, 0.15) is 17.3 Å². The van der Waals surface area contributed by atoms with Crippen molar-refractivity contribution in [1.29, 1.82) is 0 Å². The summed E-state index contributed by atoms with van der Waals surface area (Å²) in [6, 6.07) is 11.8. The molecule has 29 heavy (non-hydrogen) atoms. The largest absolute Gasteiger partial charge is 0.497 e. The smallest absolute Gasteiger partial charge is 0.252 e. The Balaban J connectivity index is 1.50. The van der Waals surface area contributed by atoms with Crippen molar-refractivity contribution in [2.24, 2.45) is 5.92 Å². The van der Waals surface area contributed by atoms with Crippen LogP contribution in [0.1, 0.15) is 28.4 Å². The normalized spacial score (nSPS) is 25.9. The molecule has 0 radical (unpaired) electrons. The number of hydrogen-bond acceptors (Lipinski definition) is 6. The molecule has 4 rings (SSSR count). The molecule has 1 amide bonds. The Bertz CT molecular complexity index is 894. The summed E-state index contributed by atoms with van der Waals surface area (Å²) in [6.45, 7) is 0.644. The van der Waals surface area contributed by atoms with Gasteiger partial charge in [0.25, 0.3) is 5.91 Å². The quantitative estimate of drug-likeness (QED) is 0.612. The maximum Gasteiger partial charge on any atom is 0.252 e. The first-order valence-corrected chi connectivity index (χ1v) is 9.62. The van der Waals surface area contributed by atoms with Gasteiger partial charge in [0, 0.05) is 35.7 Å². The number of carbonyl (C=O) groups is 1. The minimum atomic E-state index is -0.295. The van der Waals surface area contributed by atoms with Crippen molar-refractivity contribution in [2.75, 3.05) is 20.8 Å². The number of amides is 1.